The number of amides is 1. The van der Waals surface area contributed by atoms with E-state index in [0.29, 0.717) is 31.0 Å². The van der Waals surface area contributed by atoms with Crippen molar-refractivity contribution in [2.24, 2.45) is 5.73 Å². The number of hydrogen-bond acceptors (Lipinski definition) is 6. The number of aromatic nitrogens is 1. The number of carbonyl (C=O) groups excluding carboxylic acids is 1. The lowest BCUT2D eigenvalue weighted by Gasteiger charge is -2.06. The van der Waals surface area contributed by atoms with E-state index in [-0.39, 0.29) is 22.2 Å². The van der Waals surface area contributed by atoms with Gasteiger partial charge in [0.25, 0.3) is 5.91 Å². The Labute approximate surface area is 146 Å². The number of hydrogen-bond donors (Lipinski definition) is 2. The molecule has 0 spiro atoms. The van der Waals surface area contributed by atoms with Crippen molar-refractivity contribution >= 4 is 21.4 Å². The van der Waals surface area contributed by atoms with Crippen LogP contribution in [0, 0.1) is 0 Å². The molecule has 0 saturated heterocycles. The Morgan fingerprint density at radius 2 is 1.96 bits per heavy atom. The second-order valence-corrected chi connectivity index (χ2v) is 8.29. The monoisotopic (exact) mass is 363 g/mol. The van der Waals surface area contributed by atoms with E-state index in [9.17, 15) is 13.2 Å². The van der Waals surface area contributed by atoms with Gasteiger partial charge in [-0.2, -0.15) is 0 Å². The van der Waals surface area contributed by atoms with Gasteiger partial charge in [-0.15, -0.1) is 0 Å². The van der Waals surface area contributed by atoms with Gasteiger partial charge in [-0.3, -0.25) is 4.79 Å². The first kappa shape index (κ1) is 17.6. The predicted molar refractivity (Wildman–Crippen MR) is 93.2 cm³/mol. The van der Waals surface area contributed by atoms with Crippen LogP contribution in [0.3, 0.4) is 0 Å². The summed E-state index contributed by atoms with van der Waals surface area (Å²) < 4.78 is 29.5. The Morgan fingerprint density at radius 1 is 1.24 bits per heavy atom. The lowest BCUT2D eigenvalue weighted by atomic mass is 10.2. The average molecular weight is 363 g/mol. The van der Waals surface area contributed by atoms with E-state index in [0.717, 1.165) is 18.6 Å². The molecule has 1 saturated carbocycles. The van der Waals surface area contributed by atoms with Crippen molar-refractivity contribution in [3.05, 3.63) is 41.8 Å². The van der Waals surface area contributed by atoms with E-state index in [2.05, 4.69) is 10.5 Å². The summed E-state index contributed by atoms with van der Waals surface area (Å²) in [5, 5.41) is 6.47. The molecule has 1 aliphatic carbocycles. The second-order valence-electron chi connectivity index (χ2n) is 6.18. The molecule has 25 heavy (non-hydrogen) atoms. The molecule has 0 atom stereocenters. The molecule has 3 N–H and O–H groups in total. The molecular weight excluding hydrogens is 342 g/mol. The number of sulfone groups is 1. The predicted octanol–water partition coefficient (Wildman–Crippen LogP) is 2.32. The molecule has 1 heterocycles. The van der Waals surface area contributed by atoms with Gasteiger partial charge in [0.15, 0.2) is 15.5 Å². The van der Waals surface area contributed by atoms with E-state index >= 15 is 0 Å². The SMILES string of the molecule is NCCCCS(=O)(=O)c1ccc(NC(=O)c2cc(C3CC3)on2)cc1. The number of benzene rings is 1. The van der Waals surface area contributed by atoms with Gasteiger partial charge < -0.3 is 15.6 Å². The summed E-state index contributed by atoms with van der Waals surface area (Å²) in [6, 6.07) is 7.77. The van der Waals surface area contributed by atoms with Crippen LogP contribution in [0.1, 0.15) is 47.8 Å². The van der Waals surface area contributed by atoms with Crippen molar-refractivity contribution < 1.29 is 17.7 Å². The Kier molecular flexibility index (Phi) is 5.19. The summed E-state index contributed by atoms with van der Waals surface area (Å²) in [6.07, 6.45) is 3.34. The summed E-state index contributed by atoms with van der Waals surface area (Å²) in [6.45, 7) is 0.477. The van der Waals surface area contributed by atoms with Gasteiger partial charge in [0.05, 0.1) is 10.6 Å². The molecule has 1 aromatic carbocycles. The first-order valence-electron chi connectivity index (χ1n) is 8.30. The fourth-order valence-corrected chi connectivity index (χ4v) is 3.82. The molecule has 0 unspecified atom stereocenters. The zero-order valence-corrected chi connectivity index (χ0v) is 14.6. The van der Waals surface area contributed by atoms with Crippen molar-refractivity contribution in [1.82, 2.24) is 5.16 Å². The molecule has 0 radical (unpaired) electrons. The van der Waals surface area contributed by atoms with Gasteiger partial charge in [-0.25, -0.2) is 8.42 Å². The Bertz CT molecular complexity index is 839. The molecule has 0 bridgehead atoms. The number of unbranched alkanes of at least 4 members (excludes halogenated alkanes) is 1. The Hall–Kier alpha value is -2.19. The molecule has 7 nitrogen and oxygen atoms in total. The third kappa shape index (κ3) is 4.46. The Balaban J connectivity index is 1.62. The molecule has 134 valence electrons. The maximum Gasteiger partial charge on any atom is 0.277 e. The van der Waals surface area contributed by atoms with Gasteiger partial charge in [-0.1, -0.05) is 5.16 Å². The van der Waals surface area contributed by atoms with Gasteiger partial charge in [0.2, 0.25) is 0 Å². The minimum atomic E-state index is -3.32. The molecule has 8 heteroatoms. The lowest BCUT2D eigenvalue weighted by molar-refractivity contribution is 0.101. The van der Waals surface area contributed by atoms with Gasteiger partial charge in [0.1, 0.15) is 5.76 Å². The minimum absolute atomic E-state index is 0.0682. The zero-order chi connectivity index (χ0) is 17.9. The van der Waals surface area contributed by atoms with E-state index in [1.165, 1.54) is 12.1 Å². The number of carbonyl (C=O) groups is 1. The minimum Gasteiger partial charge on any atom is -0.360 e. The number of rotatable bonds is 8. The Morgan fingerprint density at radius 3 is 2.60 bits per heavy atom. The molecule has 1 aromatic heterocycles. The second kappa shape index (κ2) is 7.37. The summed E-state index contributed by atoms with van der Waals surface area (Å²) in [7, 11) is -3.32. The molecule has 1 fully saturated rings. The van der Waals surface area contributed by atoms with Gasteiger partial charge in [0, 0.05) is 17.7 Å². The number of nitrogens with two attached hydrogens (primary N) is 1. The molecule has 0 aliphatic heterocycles. The molecule has 2 aromatic rings. The average Bonchev–Trinajstić information content (AvgIpc) is 3.32. The molecule has 3 rings (SSSR count). The summed E-state index contributed by atoms with van der Waals surface area (Å²) in [5.74, 6) is 0.815. The van der Waals surface area contributed by atoms with E-state index in [4.69, 9.17) is 10.3 Å². The molecule has 1 aliphatic rings. The lowest BCUT2D eigenvalue weighted by Crippen LogP contribution is -2.13. The van der Waals surface area contributed by atoms with Crippen LogP contribution >= 0.6 is 0 Å². The van der Waals surface area contributed by atoms with Crippen molar-refractivity contribution in [2.75, 3.05) is 17.6 Å². The highest BCUT2D eigenvalue weighted by Crippen LogP contribution is 2.40. The van der Waals surface area contributed by atoms with Crippen LogP contribution in [0.2, 0.25) is 0 Å². The first-order chi connectivity index (χ1) is 12.0. The van der Waals surface area contributed by atoms with E-state index in [1.54, 1.807) is 18.2 Å². The highest BCUT2D eigenvalue weighted by molar-refractivity contribution is 7.91. The highest BCUT2D eigenvalue weighted by Gasteiger charge is 2.28. The standard InChI is InChI=1S/C17H21N3O4S/c18-9-1-2-10-25(22,23)14-7-5-13(6-8-14)19-17(21)15-11-16(24-20-15)12-3-4-12/h5-8,11-12H,1-4,9-10,18H2,(H,19,21). The summed E-state index contributed by atoms with van der Waals surface area (Å²) >= 11 is 0. The van der Waals surface area contributed by atoms with Crippen LogP contribution in [-0.4, -0.2) is 31.8 Å². The van der Waals surface area contributed by atoms with Crippen LogP contribution in [0.5, 0.6) is 0 Å². The maximum absolute atomic E-state index is 12.2. The highest BCUT2D eigenvalue weighted by atomic mass is 32.2. The summed E-state index contributed by atoms with van der Waals surface area (Å²) in [4.78, 5) is 12.4. The number of nitrogens with zero attached hydrogens (tertiary/aromatic N) is 1. The van der Waals surface area contributed by atoms with Crippen molar-refractivity contribution in [3.63, 3.8) is 0 Å². The van der Waals surface area contributed by atoms with Gasteiger partial charge >= 0.3 is 0 Å². The maximum atomic E-state index is 12.2. The van der Waals surface area contributed by atoms with Crippen molar-refractivity contribution in [2.45, 2.75) is 36.5 Å². The van der Waals surface area contributed by atoms with Crippen LogP contribution in [-0.2, 0) is 9.84 Å². The number of anilines is 1. The van der Waals surface area contributed by atoms with E-state index < -0.39 is 9.84 Å². The summed E-state index contributed by atoms with van der Waals surface area (Å²) in [5.41, 5.74) is 6.11. The smallest absolute Gasteiger partial charge is 0.277 e. The fourth-order valence-electron chi connectivity index (χ4n) is 2.45. The van der Waals surface area contributed by atoms with Crippen LogP contribution < -0.4 is 11.1 Å². The largest absolute Gasteiger partial charge is 0.360 e. The van der Waals surface area contributed by atoms with Crippen molar-refractivity contribution in [1.29, 1.82) is 0 Å². The number of nitrogens with one attached hydrogen (secondary N) is 1. The van der Waals surface area contributed by atoms with Crippen LogP contribution in [0.15, 0.2) is 39.8 Å². The topological polar surface area (TPSA) is 115 Å². The normalized spacial score (nSPS) is 14.4. The quantitative estimate of drug-likeness (QED) is 0.696. The third-order valence-corrected chi connectivity index (χ3v) is 5.90. The van der Waals surface area contributed by atoms with Gasteiger partial charge in [-0.05, 0) is 56.5 Å². The molecule has 1 amide bonds. The molecular formula is C17H21N3O4S. The zero-order valence-electron chi connectivity index (χ0n) is 13.8. The fraction of sp³-hybridized carbons (Fsp3) is 0.412. The van der Waals surface area contributed by atoms with Crippen LogP contribution in [0.4, 0.5) is 5.69 Å². The first-order valence-corrected chi connectivity index (χ1v) is 9.95. The third-order valence-electron chi connectivity index (χ3n) is 4.08. The van der Waals surface area contributed by atoms with Crippen LogP contribution in [0.25, 0.3) is 0 Å². The van der Waals surface area contributed by atoms with E-state index in [1.807, 2.05) is 0 Å². The van der Waals surface area contributed by atoms with Crippen molar-refractivity contribution in [3.8, 4) is 0 Å².